The highest BCUT2D eigenvalue weighted by molar-refractivity contribution is 6.33. The number of anilines is 1. The van der Waals surface area contributed by atoms with Crippen LogP contribution in [0.5, 0.6) is 0 Å². The number of benzene rings is 1. The molecule has 4 heteroatoms. The molecular formula is C15H26ClN3. The zero-order valence-corrected chi connectivity index (χ0v) is 13.4. The summed E-state index contributed by atoms with van der Waals surface area (Å²) in [5.41, 5.74) is 8.05. The molecule has 0 aliphatic heterocycles. The minimum Gasteiger partial charge on any atom is -0.367 e. The first-order valence-electron chi connectivity index (χ1n) is 6.83. The number of likely N-dealkylation sites (N-methyl/N-ethyl adjacent to an activating group) is 2. The van der Waals surface area contributed by atoms with Crippen LogP contribution in [-0.4, -0.2) is 38.1 Å². The molecule has 0 heterocycles. The summed E-state index contributed by atoms with van der Waals surface area (Å²) in [6.07, 6.45) is 0. The Labute approximate surface area is 122 Å². The van der Waals surface area contributed by atoms with E-state index in [0.29, 0.717) is 6.04 Å². The quantitative estimate of drug-likeness (QED) is 0.871. The molecule has 0 radical (unpaired) electrons. The number of hydrogen-bond acceptors (Lipinski definition) is 3. The summed E-state index contributed by atoms with van der Waals surface area (Å²) in [5, 5.41) is 0.780. The topological polar surface area (TPSA) is 32.5 Å². The van der Waals surface area contributed by atoms with Crippen molar-refractivity contribution in [3.05, 3.63) is 28.8 Å². The lowest BCUT2D eigenvalue weighted by atomic mass is 10.1. The number of nitrogens with zero attached hydrogens (tertiary/aromatic N) is 2. The van der Waals surface area contributed by atoms with Gasteiger partial charge in [0.2, 0.25) is 0 Å². The van der Waals surface area contributed by atoms with Gasteiger partial charge in [-0.2, -0.15) is 0 Å². The summed E-state index contributed by atoms with van der Waals surface area (Å²) < 4.78 is 0. The van der Waals surface area contributed by atoms with E-state index in [0.717, 1.165) is 29.4 Å². The molecule has 1 aromatic rings. The van der Waals surface area contributed by atoms with Gasteiger partial charge in [-0.3, -0.25) is 0 Å². The minimum atomic E-state index is 0.0147. The van der Waals surface area contributed by atoms with E-state index in [-0.39, 0.29) is 6.04 Å². The second-order valence-electron chi connectivity index (χ2n) is 5.40. The van der Waals surface area contributed by atoms with Crippen molar-refractivity contribution >= 4 is 17.3 Å². The van der Waals surface area contributed by atoms with Crippen molar-refractivity contribution in [1.29, 1.82) is 0 Å². The van der Waals surface area contributed by atoms with Gasteiger partial charge in [0.25, 0.3) is 0 Å². The Hall–Kier alpha value is -0.770. The van der Waals surface area contributed by atoms with E-state index < -0.39 is 0 Å². The molecule has 2 atom stereocenters. The Kier molecular flexibility index (Phi) is 6.11. The first-order chi connectivity index (χ1) is 8.86. The van der Waals surface area contributed by atoms with Crippen molar-refractivity contribution < 1.29 is 0 Å². The van der Waals surface area contributed by atoms with Crippen molar-refractivity contribution in [3.63, 3.8) is 0 Å². The fourth-order valence-electron chi connectivity index (χ4n) is 2.39. The number of hydrogen-bond donors (Lipinski definition) is 1. The van der Waals surface area contributed by atoms with Gasteiger partial charge in [-0.25, -0.2) is 0 Å². The molecule has 0 aliphatic rings. The second kappa shape index (κ2) is 7.13. The van der Waals surface area contributed by atoms with E-state index in [2.05, 4.69) is 49.9 Å². The summed E-state index contributed by atoms with van der Waals surface area (Å²) >= 11 is 6.42. The van der Waals surface area contributed by atoms with Gasteiger partial charge < -0.3 is 15.5 Å². The summed E-state index contributed by atoms with van der Waals surface area (Å²) in [4.78, 5) is 4.52. The van der Waals surface area contributed by atoms with Crippen molar-refractivity contribution in [3.8, 4) is 0 Å². The predicted octanol–water partition coefficient (Wildman–Crippen LogP) is 3.14. The van der Waals surface area contributed by atoms with E-state index in [1.165, 1.54) is 0 Å². The highest BCUT2D eigenvalue weighted by Gasteiger charge is 2.16. The second-order valence-corrected chi connectivity index (χ2v) is 5.80. The summed E-state index contributed by atoms with van der Waals surface area (Å²) in [6, 6.07) is 6.56. The van der Waals surface area contributed by atoms with Gasteiger partial charge in [0.05, 0.1) is 10.7 Å². The molecule has 1 rings (SSSR count). The molecule has 1 aromatic carbocycles. The molecule has 3 nitrogen and oxygen atoms in total. The molecule has 0 aliphatic carbocycles. The average Bonchev–Trinajstić information content (AvgIpc) is 2.30. The van der Waals surface area contributed by atoms with Crippen LogP contribution in [0, 0.1) is 0 Å². The Morgan fingerprint density at radius 1 is 1.26 bits per heavy atom. The van der Waals surface area contributed by atoms with Gasteiger partial charge in [-0.15, -0.1) is 0 Å². The maximum Gasteiger partial charge on any atom is 0.0643 e. The van der Waals surface area contributed by atoms with Gasteiger partial charge in [0.15, 0.2) is 0 Å². The molecular weight excluding hydrogens is 258 g/mol. The van der Waals surface area contributed by atoms with Crippen LogP contribution in [0.3, 0.4) is 0 Å². The lowest BCUT2D eigenvalue weighted by molar-refractivity contribution is 0.373. The van der Waals surface area contributed by atoms with Crippen LogP contribution in [0.2, 0.25) is 5.02 Å². The van der Waals surface area contributed by atoms with E-state index in [4.69, 9.17) is 17.3 Å². The van der Waals surface area contributed by atoms with Crippen molar-refractivity contribution in [2.24, 2.45) is 5.73 Å². The zero-order chi connectivity index (χ0) is 14.6. The fraction of sp³-hybridized carbons (Fsp3) is 0.600. The minimum absolute atomic E-state index is 0.0147. The smallest absolute Gasteiger partial charge is 0.0643 e. The SMILES string of the molecule is CCN(c1ccc(C(C)N)cc1Cl)C(C)CN(C)C. The number of halogens is 1. The molecule has 0 bridgehead atoms. The van der Waals surface area contributed by atoms with Gasteiger partial charge in [0, 0.05) is 25.2 Å². The molecule has 0 saturated carbocycles. The Morgan fingerprint density at radius 2 is 1.89 bits per heavy atom. The lowest BCUT2D eigenvalue weighted by Crippen LogP contribution is -2.40. The van der Waals surface area contributed by atoms with Gasteiger partial charge in [-0.1, -0.05) is 17.7 Å². The molecule has 0 saturated heterocycles. The summed E-state index contributed by atoms with van der Waals surface area (Å²) in [5.74, 6) is 0. The molecule has 19 heavy (non-hydrogen) atoms. The maximum absolute atomic E-state index is 6.42. The fourth-order valence-corrected chi connectivity index (χ4v) is 2.68. The Morgan fingerprint density at radius 3 is 2.32 bits per heavy atom. The van der Waals surface area contributed by atoms with E-state index in [1.807, 2.05) is 13.0 Å². The number of nitrogens with two attached hydrogens (primary N) is 1. The van der Waals surface area contributed by atoms with Crippen LogP contribution in [0.4, 0.5) is 5.69 Å². The largest absolute Gasteiger partial charge is 0.367 e. The van der Waals surface area contributed by atoms with Crippen molar-refractivity contribution in [1.82, 2.24) is 4.90 Å². The third-order valence-corrected chi connectivity index (χ3v) is 3.61. The number of rotatable bonds is 6. The van der Waals surface area contributed by atoms with Crippen LogP contribution in [0.1, 0.15) is 32.4 Å². The Bertz CT molecular complexity index is 404. The van der Waals surface area contributed by atoms with Gasteiger partial charge in [0.1, 0.15) is 0 Å². The summed E-state index contributed by atoms with van der Waals surface area (Å²) in [7, 11) is 4.18. The first-order valence-corrected chi connectivity index (χ1v) is 7.21. The van der Waals surface area contributed by atoms with Crippen LogP contribution in [0.15, 0.2) is 18.2 Å². The third-order valence-electron chi connectivity index (χ3n) is 3.31. The molecule has 0 amide bonds. The summed E-state index contributed by atoms with van der Waals surface area (Å²) in [6.45, 7) is 8.28. The van der Waals surface area contributed by atoms with Gasteiger partial charge >= 0.3 is 0 Å². The van der Waals surface area contributed by atoms with Crippen molar-refractivity contribution in [2.45, 2.75) is 32.9 Å². The highest BCUT2D eigenvalue weighted by Crippen LogP contribution is 2.29. The highest BCUT2D eigenvalue weighted by atomic mass is 35.5. The molecule has 2 unspecified atom stereocenters. The van der Waals surface area contributed by atoms with Crippen molar-refractivity contribution in [2.75, 3.05) is 32.1 Å². The lowest BCUT2D eigenvalue weighted by Gasteiger charge is -2.33. The molecule has 108 valence electrons. The standard InChI is InChI=1S/C15H26ClN3/c1-6-19(11(2)10-18(4)5)15-8-7-13(12(3)17)9-14(15)16/h7-9,11-12H,6,10,17H2,1-5H3. The molecule has 0 aromatic heterocycles. The molecule has 0 spiro atoms. The average molecular weight is 284 g/mol. The van der Waals surface area contributed by atoms with Gasteiger partial charge in [-0.05, 0) is 52.6 Å². The third kappa shape index (κ3) is 4.37. The zero-order valence-electron chi connectivity index (χ0n) is 12.7. The predicted molar refractivity (Wildman–Crippen MR) is 85.1 cm³/mol. The van der Waals surface area contributed by atoms with E-state index in [9.17, 15) is 0 Å². The van der Waals surface area contributed by atoms with Crippen LogP contribution >= 0.6 is 11.6 Å². The molecule has 0 fully saturated rings. The van der Waals surface area contributed by atoms with Crippen LogP contribution in [-0.2, 0) is 0 Å². The monoisotopic (exact) mass is 283 g/mol. The Balaban J connectivity index is 2.98. The van der Waals surface area contributed by atoms with E-state index in [1.54, 1.807) is 0 Å². The first kappa shape index (κ1) is 16.3. The normalized spacial score (nSPS) is 14.5. The molecule has 2 N–H and O–H groups in total. The maximum atomic E-state index is 6.42. The van der Waals surface area contributed by atoms with E-state index >= 15 is 0 Å². The van der Waals surface area contributed by atoms with Crippen LogP contribution < -0.4 is 10.6 Å². The van der Waals surface area contributed by atoms with Crippen LogP contribution in [0.25, 0.3) is 0 Å².